The average Bonchev–Trinajstić information content (AvgIpc) is 2.22. The predicted octanol–water partition coefficient (Wildman–Crippen LogP) is 3.59. The van der Waals surface area contributed by atoms with Crippen molar-refractivity contribution < 1.29 is 0 Å². The Bertz CT molecular complexity index is 147. The lowest BCUT2D eigenvalue weighted by atomic mass is 9.85. The topological polar surface area (TPSA) is 12.0 Å². The summed E-state index contributed by atoms with van der Waals surface area (Å²) in [6.45, 7) is 15.5. The fraction of sp³-hybridized carbons (Fsp3) is 1.00. The van der Waals surface area contributed by atoms with E-state index in [4.69, 9.17) is 0 Å². The summed E-state index contributed by atoms with van der Waals surface area (Å²) in [6, 6.07) is 0. The molecule has 1 nitrogen and oxygen atoms in total. The summed E-state index contributed by atoms with van der Waals surface area (Å²) in [4.78, 5) is 0. The molecule has 1 unspecified atom stereocenters. The molecule has 0 amide bonds. The average molecular weight is 185 g/mol. The van der Waals surface area contributed by atoms with E-state index < -0.39 is 0 Å². The highest BCUT2D eigenvalue weighted by Gasteiger charge is 2.42. The van der Waals surface area contributed by atoms with Gasteiger partial charge in [0.15, 0.2) is 0 Å². The standard InChI is InChI=1S/C10H21N.C2H6/c1-6-8-7-9(2,3)11-10(8,4)5;1-2/h8,11H,6-7H2,1-5H3;1-2H3. The van der Waals surface area contributed by atoms with Crippen LogP contribution < -0.4 is 5.32 Å². The number of hydrogen-bond donors (Lipinski definition) is 1. The molecular weight excluding hydrogens is 158 g/mol. The molecule has 1 heteroatoms. The van der Waals surface area contributed by atoms with E-state index in [1.54, 1.807) is 0 Å². The fourth-order valence-corrected chi connectivity index (χ4v) is 2.55. The Morgan fingerprint density at radius 3 is 1.77 bits per heavy atom. The van der Waals surface area contributed by atoms with Crippen LogP contribution >= 0.6 is 0 Å². The summed E-state index contributed by atoms with van der Waals surface area (Å²) >= 11 is 0. The van der Waals surface area contributed by atoms with Gasteiger partial charge in [0, 0.05) is 11.1 Å². The Hall–Kier alpha value is -0.0400. The summed E-state index contributed by atoms with van der Waals surface area (Å²) < 4.78 is 0. The van der Waals surface area contributed by atoms with Gasteiger partial charge in [-0.3, -0.25) is 0 Å². The van der Waals surface area contributed by atoms with Crippen LogP contribution in [0.5, 0.6) is 0 Å². The van der Waals surface area contributed by atoms with E-state index in [1.165, 1.54) is 12.8 Å². The zero-order chi connectivity index (χ0) is 10.7. The summed E-state index contributed by atoms with van der Waals surface area (Å²) in [5, 5.41) is 3.67. The minimum absolute atomic E-state index is 0.345. The molecule has 0 saturated carbocycles. The van der Waals surface area contributed by atoms with E-state index in [1.807, 2.05) is 13.8 Å². The van der Waals surface area contributed by atoms with Gasteiger partial charge in [-0.05, 0) is 40.0 Å². The Balaban J connectivity index is 0.000000671. The second kappa shape index (κ2) is 4.45. The lowest BCUT2D eigenvalue weighted by Gasteiger charge is -2.27. The quantitative estimate of drug-likeness (QED) is 0.658. The van der Waals surface area contributed by atoms with Crippen molar-refractivity contribution in [1.82, 2.24) is 5.32 Å². The van der Waals surface area contributed by atoms with Crippen molar-refractivity contribution in [1.29, 1.82) is 0 Å². The maximum atomic E-state index is 3.67. The van der Waals surface area contributed by atoms with Crippen molar-refractivity contribution in [2.45, 2.75) is 72.4 Å². The molecule has 1 aliphatic heterocycles. The second-order valence-electron chi connectivity index (χ2n) is 5.04. The summed E-state index contributed by atoms with van der Waals surface area (Å²) in [5.41, 5.74) is 0.697. The molecule has 80 valence electrons. The highest BCUT2D eigenvalue weighted by Crippen LogP contribution is 2.37. The molecule has 0 aromatic heterocycles. The fourth-order valence-electron chi connectivity index (χ4n) is 2.55. The molecule has 1 saturated heterocycles. The maximum Gasteiger partial charge on any atom is 0.0158 e. The van der Waals surface area contributed by atoms with Crippen molar-refractivity contribution >= 4 is 0 Å². The maximum absolute atomic E-state index is 3.67. The molecular formula is C12H27N. The normalized spacial score (nSPS) is 29.3. The lowest BCUT2D eigenvalue weighted by Crippen LogP contribution is -2.45. The van der Waals surface area contributed by atoms with Gasteiger partial charge in [0.2, 0.25) is 0 Å². The minimum atomic E-state index is 0.345. The monoisotopic (exact) mass is 185 g/mol. The molecule has 0 aromatic carbocycles. The molecule has 1 fully saturated rings. The molecule has 1 rings (SSSR count). The van der Waals surface area contributed by atoms with Crippen molar-refractivity contribution in [3.63, 3.8) is 0 Å². The van der Waals surface area contributed by atoms with Crippen LogP contribution in [0.25, 0.3) is 0 Å². The van der Waals surface area contributed by atoms with Gasteiger partial charge in [-0.2, -0.15) is 0 Å². The van der Waals surface area contributed by atoms with Crippen LogP contribution in [0, 0.1) is 5.92 Å². The molecule has 1 atom stereocenters. The van der Waals surface area contributed by atoms with Gasteiger partial charge in [-0.15, -0.1) is 0 Å². The van der Waals surface area contributed by atoms with E-state index >= 15 is 0 Å². The molecule has 0 radical (unpaired) electrons. The Morgan fingerprint density at radius 2 is 1.62 bits per heavy atom. The van der Waals surface area contributed by atoms with Crippen LogP contribution in [-0.4, -0.2) is 11.1 Å². The molecule has 1 heterocycles. The van der Waals surface area contributed by atoms with Gasteiger partial charge in [-0.25, -0.2) is 0 Å². The van der Waals surface area contributed by atoms with Gasteiger partial charge in [0.25, 0.3) is 0 Å². The summed E-state index contributed by atoms with van der Waals surface area (Å²) in [7, 11) is 0. The third-order valence-corrected chi connectivity index (χ3v) is 2.93. The van der Waals surface area contributed by atoms with E-state index in [0.717, 1.165) is 5.92 Å². The molecule has 1 aliphatic rings. The first-order chi connectivity index (χ1) is 5.87. The lowest BCUT2D eigenvalue weighted by molar-refractivity contribution is 0.316. The smallest absolute Gasteiger partial charge is 0.0158 e. The SMILES string of the molecule is CC.CCC1CC(C)(C)NC1(C)C. The van der Waals surface area contributed by atoms with Crippen LogP contribution in [-0.2, 0) is 0 Å². The van der Waals surface area contributed by atoms with Crippen molar-refractivity contribution in [2.24, 2.45) is 5.92 Å². The largest absolute Gasteiger partial charge is 0.307 e. The zero-order valence-corrected chi connectivity index (χ0v) is 10.5. The molecule has 0 spiro atoms. The number of rotatable bonds is 1. The second-order valence-corrected chi connectivity index (χ2v) is 5.04. The predicted molar refractivity (Wildman–Crippen MR) is 61.0 cm³/mol. The highest BCUT2D eigenvalue weighted by atomic mass is 15.1. The third kappa shape index (κ3) is 3.30. The molecule has 0 aliphatic carbocycles. The minimum Gasteiger partial charge on any atom is -0.307 e. The summed E-state index contributed by atoms with van der Waals surface area (Å²) in [6.07, 6.45) is 2.61. The van der Waals surface area contributed by atoms with E-state index in [2.05, 4.69) is 39.9 Å². The first kappa shape index (κ1) is 13.0. The Labute approximate surface area is 84.3 Å². The third-order valence-electron chi connectivity index (χ3n) is 2.93. The molecule has 1 N–H and O–H groups in total. The zero-order valence-electron chi connectivity index (χ0n) is 10.5. The summed E-state index contributed by atoms with van der Waals surface area (Å²) in [5.74, 6) is 0.845. The van der Waals surface area contributed by atoms with Crippen LogP contribution in [0.3, 0.4) is 0 Å². The van der Waals surface area contributed by atoms with Crippen LogP contribution in [0.2, 0.25) is 0 Å². The van der Waals surface area contributed by atoms with E-state index in [0.29, 0.717) is 11.1 Å². The van der Waals surface area contributed by atoms with Crippen LogP contribution in [0.15, 0.2) is 0 Å². The van der Waals surface area contributed by atoms with Gasteiger partial charge >= 0.3 is 0 Å². The highest BCUT2D eigenvalue weighted by molar-refractivity contribution is 5.02. The van der Waals surface area contributed by atoms with Crippen LogP contribution in [0.1, 0.15) is 61.3 Å². The van der Waals surface area contributed by atoms with Crippen molar-refractivity contribution in [2.75, 3.05) is 0 Å². The van der Waals surface area contributed by atoms with Crippen molar-refractivity contribution in [3.8, 4) is 0 Å². The molecule has 13 heavy (non-hydrogen) atoms. The van der Waals surface area contributed by atoms with Gasteiger partial charge in [-0.1, -0.05) is 27.2 Å². The first-order valence-electron chi connectivity index (χ1n) is 5.67. The van der Waals surface area contributed by atoms with Crippen molar-refractivity contribution in [3.05, 3.63) is 0 Å². The van der Waals surface area contributed by atoms with Crippen LogP contribution in [0.4, 0.5) is 0 Å². The molecule has 0 bridgehead atoms. The molecule has 0 aromatic rings. The van der Waals surface area contributed by atoms with E-state index in [-0.39, 0.29) is 0 Å². The van der Waals surface area contributed by atoms with Gasteiger partial charge < -0.3 is 5.32 Å². The van der Waals surface area contributed by atoms with Gasteiger partial charge in [0.05, 0.1) is 0 Å². The van der Waals surface area contributed by atoms with Gasteiger partial charge in [0.1, 0.15) is 0 Å². The number of nitrogens with one attached hydrogen (secondary N) is 1. The Morgan fingerprint density at radius 1 is 1.15 bits per heavy atom. The first-order valence-corrected chi connectivity index (χ1v) is 5.67. The Kier molecular flexibility index (Phi) is 4.44. The number of hydrogen-bond acceptors (Lipinski definition) is 1. The van der Waals surface area contributed by atoms with E-state index in [9.17, 15) is 0 Å².